The molecule has 4 aliphatic rings. The summed E-state index contributed by atoms with van der Waals surface area (Å²) in [5.41, 5.74) is 1.98. The number of amidine groups is 1. The van der Waals surface area contributed by atoms with Gasteiger partial charge in [-0.15, -0.1) is 11.3 Å². The average molecular weight is 587 g/mol. The van der Waals surface area contributed by atoms with Crippen LogP contribution >= 0.6 is 27.3 Å². The average Bonchev–Trinajstić information content (AvgIpc) is 3.56. The van der Waals surface area contributed by atoms with Crippen LogP contribution in [-0.4, -0.2) is 71.2 Å². The van der Waals surface area contributed by atoms with Crippen LogP contribution in [0, 0.1) is 11.3 Å². The first-order valence-corrected chi connectivity index (χ1v) is 14.1. The molecule has 0 amide bonds. The Bertz CT molecular complexity index is 1300. The lowest BCUT2D eigenvalue weighted by atomic mass is 9.46. The van der Waals surface area contributed by atoms with Crippen LogP contribution in [0.25, 0.3) is 0 Å². The molecule has 1 unspecified atom stereocenters. The van der Waals surface area contributed by atoms with Crippen LogP contribution in [0.15, 0.2) is 56.6 Å². The van der Waals surface area contributed by atoms with E-state index in [1.54, 1.807) is 13.1 Å². The number of nitrogens with zero attached hydrogens (tertiary/aromatic N) is 3. The molecule has 0 bridgehead atoms. The Morgan fingerprint density at radius 3 is 2.92 bits per heavy atom. The minimum Gasteiger partial charge on any atom is -0.481 e. The highest BCUT2D eigenvalue weighted by Crippen LogP contribution is 2.65. The minimum atomic E-state index is -0.760. The highest BCUT2D eigenvalue weighted by molar-refractivity contribution is 9.10. The van der Waals surface area contributed by atoms with Gasteiger partial charge >= 0.3 is 11.9 Å². The molecule has 1 spiro atoms. The van der Waals surface area contributed by atoms with Gasteiger partial charge in [0.2, 0.25) is 0 Å². The van der Waals surface area contributed by atoms with Crippen molar-refractivity contribution in [3.63, 3.8) is 0 Å². The first-order chi connectivity index (χ1) is 17.9. The van der Waals surface area contributed by atoms with Gasteiger partial charge < -0.3 is 19.9 Å². The fourth-order valence-corrected chi connectivity index (χ4v) is 7.63. The lowest BCUT2D eigenvalue weighted by molar-refractivity contribution is -0.222. The number of ether oxygens (including phenoxy) is 2. The van der Waals surface area contributed by atoms with Gasteiger partial charge in [0, 0.05) is 52.2 Å². The number of carbonyl (C=O) groups excluding carboxylic acids is 1. The van der Waals surface area contributed by atoms with E-state index in [0.717, 1.165) is 27.2 Å². The van der Waals surface area contributed by atoms with Gasteiger partial charge in [-0.2, -0.15) is 0 Å². The predicted octanol–water partition coefficient (Wildman–Crippen LogP) is 3.38. The number of hydrogen-bond donors (Lipinski definition) is 2. The van der Waals surface area contributed by atoms with Crippen LogP contribution in [0.2, 0.25) is 0 Å². The zero-order chi connectivity index (χ0) is 25.7. The van der Waals surface area contributed by atoms with Gasteiger partial charge in [0.05, 0.1) is 25.4 Å². The monoisotopic (exact) mass is 586 g/mol. The van der Waals surface area contributed by atoms with Gasteiger partial charge in [-0.05, 0) is 30.9 Å². The van der Waals surface area contributed by atoms with E-state index in [0.29, 0.717) is 31.2 Å². The van der Waals surface area contributed by atoms with Gasteiger partial charge in [0.25, 0.3) is 0 Å². The van der Waals surface area contributed by atoms with E-state index in [2.05, 4.69) is 31.1 Å². The van der Waals surface area contributed by atoms with Crippen molar-refractivity contribution in [3.05, 3.63) is 62.2 Å². The molecular formula is C26H27BrN4O5S. The number of rotatable bonds is 8. The molecule has 3 fully saturated rings. The lowest BCUT2D eigenvalue weighted by Crippen LogP contribution is -2.80. The van der Waals surface area contributed by atoms with Crippen LogP contribution in [0.3, 0.4) is 0 Å². The van der Waals surface area contributed by atoms with Crippen molar-refractivity contribution in [2.45, 2.75) is 37.9 Å². The molecule has 1 aromatic heterocycles. The summed E-state index contributed by atoms with van der Waals surface area (Å²) >= 11 is 5.13. The van der Waals surface area contributed by atoms with Crippen molar-refractivity contribution in [3.8, 4) is 0 Å². The zero-order valence-electron chi connectivity index (χ0n) is 20.2. The van der Waals surface area contributed by atoms with Crippen LogP contribution in [0.1, 0.15) is 36.4 Å². The van der Waals surface area contributed by atoms with Gasteiger partial charge in [0.1, 0.15) is 6.04 Å². The number of aromatic nitrogens is 1. The zero-order valence-corrected chi connectivity index (χ0v) is 22.6. The number of benzene rings is 1. The topological polar surface area (TPSA) is 113 Å². The van der Waals surface area contributed by atoms with E-state index in [4.69, 9.17) is 14.5 Å². The van der Waals surface area contributed by atoms with Gasteiger partial charge in [-0.1, -0.05) is 34.1 Å². The second-order valence-corrected chi connectivity index (χ2v) is 11.6. The van der Waals surface area contributed by atoms with E-state index in [-0.39, 0.29) is 36.4 Å². The molecule has 9 nitrogen and oxygen atoms in total. The van der Waals surface area contributed by atoms with E-state index in [1.165, 1.54) is 11.3 Å². The van der Waals surface area contributed by atoms with E-state index < -0.39 is 18.0 Å². The summed E-state index contributed by atoms with van der Waals surface area (Å²) in [6.07, 6.45) is 2.72. The number of likely N-dealkylation sites (tertiary alicyclic amines) is 1. The van der Waals surface area contributed by atoms with E-state index in [9.17, 15) is 14.7 Å². The lowest BCUT2D eigenvalue weighted by Gasteiger charge is -2.71. The molecule has 6 rings (SSSR count). The number of carbonyl (C=O) groups is 2. The second kappa shape index (κ2) is 9.61. The first kappa shape index (κ1) is 24.7. The van der Waals surface area contributed by atoms with Gasteiger partial charge in [-0.25, -0.2) is 9.78 Å². The summed E-state index contributed by atoms with van der Waals surface area (Å²) in [6.45, 7) is 3.70. The summed E-state index contributed by atoms with van der Waals surface area (Å²) in [5.74, 6) is -0.425. The smallest absolute Gasteiger partial charge is 0.338 e. The number of halogens is 1. The Hall–Kier alpha value is -2.60. The third kappa shape index (κ3) is 3.94. The first-order valence-electron chi connectivity index (χ1n) is 12.4. The standard InChI is InChI=1S/C26H27BrN4O5S/c1-2-36-25(34)21-17(11-31-18-9-14(10-20(32)33)26(18)13-35-12-19(26)31)29-23(24-28-7-8-37-24)30-22(21)15-5-3-4-6-16(15)27/h3-8,14,18-19,22H,2,9-13H2,1H3,(H,29,30)(H,32,33)/t14-,18-,19-,22+,26?/m1/s1. The molecule has 1 aliphatic carbocycles. The molecule has 2 saturated heterocycles. The summed E-state index contributed by atoms with van der Waals surface area (Å²) < 4.78 is 12.3. The van der Waals surface area contributed by atoms with E-state index in [1.807, 2.05) is 29.6 Å². The summed E-state index contributed by atoms with van der Waals surface area (Å²) in [4.78, 5) is 36.6. The number of nitrogens with one attached hydrogen (secondary N) is 1. The Morgan fingerprint density at radius 1 is 1.35 bits per heavy atom. The molecule has 1 aromatic carbocycles. The quantitative estimate of drug-likeness (QED) is 0.453. The number of carboxylic acids is 1. The maximum atomic E-state index is 13.4. The van der Waals surface area contributed by atoms with Crippen molar-refractivity contribution in [1.29, 1.82) is 0 Å². The largest absolute Gasteiger partial charge is 0.481 e. The number of hydrogen-bond acceptors (Lipinski definition) is 9. The van der Waals surface area contributed by atoms with Gasteiger partial charge in [0.15, 0.2) is 10.8 Å². The SMILES string of the molecule is CCOC(=O)C1=C(CN2[C@@H]3COCC34[C@@H](CC(=O)O)C[C@@H]24)NC(c2nccs2)=N[C@H]1c1ccccc1Br. The molecular weight excluding hydrogens is 560 g/mol. The van der Waals surface area contributed by atoms with Crippen molar-refractivity contribution in [2.24, 2.45) is 16.3 Å². The minimum absolute atomic E-state index is 0.105. The molecule has 194 valence electrons. The highest BCUT2D eigenvalue weighted by Gasteiger charge is 2.73. The fraction of sp³-hybridized carbons (Fsp3) is 0.462. The summed E-state index contributed by atoms with van der Waals surface area (Å²) in [6, 6.07) is 7.54. The second-order valence-electron chi connectivity index (χ2n) is 9.84. The number of carboxylic acid groups (broad SMARTS) is 1. The van der Waals surface area contributed by atoms with Crippen LogP contribution < -0.4 is 5.32 Å². The predicted molar refractivity (Wildman–Crippen MR) is 140 cm³/mol. The van der Waals surface area contributed by atoms with Crippen molar-refractivity contribution >= 4 is 45.0 Å². The Balaban J connectivity index is 1.38. The fourth-order valence-electron chi connectivity index (χ4n) is 6.54. The molecule has 0 radical (unpaired) electrons. The van der Waals surface area contributed by atoms with Crippen LogP contribution in [-0.2, 0) is 19.1 Å². The molecule has 2 aromatic rings. The highest BCUT2D eigenvalue weighted by atomic mass is 79.9. The number of thiazole rings is 1. The summed E-state index contributed by atoms with van der Waals surface area (Å²) in [7, 11) is 0. The Labute approximate surface area is 226 Å². The van der Waals surface area contributed by atoms with Crippen molar-refractivity contribution in [1.82, 2.24) is 15.2 Å². The van der Waals surface area contributed by atoms with Crippen molar-refractivity contribution in [2.75, 3.05) is 26.4 Å². The number of esters is 1. The summed E-state index contributed by atoms with van der Waals surface area (Å²) in [5, 5.41) is 15.5. The molecule has 5 atom stereocenters. The molecule has 4 heterocycles. The number of aliphatic imine (C=N–C) groups is 1. The molecule has 37 heavy (non-hydrogen) atoms. The van der Waals surface area contributed by atoms with Crippen LogP contribution in [0.5, 0.6) is 0 Å². The Kier molecular flexibility index (Phi) is 6.42. The number of piperidine rings is 1. The van der Waals surface area contributed by atoms with E-state index >= 15 is 0 Å². The maximum absolute atomic E-state index is 13.4. The van der Waals surface area contributed by atoms with Crippen molar-refractivity contribution < 1.29 is 24.2 Å². The molecule has 1 saturated carbocycles. The normalized spacial score (nSPS) is 30.4. The molecule has 11 heteroatoms. The third-order valence-corrected chi connectivity index (χ3v) is 9.66. The molecule has 3 aliphatic heterocycles. The maximum Gasteiger partial charge on any atom is 0.338 e. The molecule has 2 N–H and O–H groups in total. The van der Waals surface area contributed by atoms with Crippen LogP contribution in [0.4, 0.5) is 0 Å². The third-order valence-electron chi connectivity index (χ3n) is 8.15. The Morgan fingerprint density at radius 2 is 2.19 bits per heavy atom. The number of aliphatic carboxylic acids is 1. The van der Waals surface area contributed by atoms with Gasteiger partial charge in [-0.3, -0.25) is 14.7 Å².